The van der Waals surface area contributed by atoms with E-state index in [9.17, 15) is 18.0 Å². The fourth-order valence-electron chi connectivity index (χ4n) is 2.19. The largest absolute Gasteiger partial charge is 0.480 e. The van der Waals surface area contributed by atoms with Gasteiger partial charge in [-0.05, 0) is 31.0 Å². The molecule has 0 saturated carbocycles. The van der Waals surface area contributed by atoms with E-state index in [1.165, 1.54) is 6.07 Å². The van der Waals surface area contributed by atoms with Gasteiger partial charge in [0.25, 0.3) is 5.91 Å². The number of para-hydroxylation sites is 1. The van der Waals surface area contributed by atoms with Crippen LogP contribution in [0.3, 0.4) is 0 Å². The minimum atomic E-state index is -4.55. The first kappa shape index (κ1) is 16.9. The Morgan fingerprint density at radius 2 is 1.70 bits per heavy atom. The molecule has 2 aromatic rings. The molecule has 122 valence electrons. The number of alkyl halides is 3. The molecular formula is C17H16F3NO2. The predicted octanol–water partition coefficient (Wildman–Crippen LogP) is 4.09. The van der Waals surface area contributed by atoms with Gasteiger partial charge in [-0.15, -0.1) is 0 Å². The normalized spacial score (nSPS) is 12.7. The average molecular weight is 323 g/mol. The van der Waals surface area contributed by atoms with Crippen molar-refractivity contribution in [2.24, 2.45) is 5.73 Å². The van der Waals surface area contributed by atoms with Gasteiger partial charge in [-0.2, -0.15) is 13.2 Å². The van der Waals surface area contributed by atoms with E-state index in [-0.39, 0.29) is 11.3 Å². The molecule has 6 heteroatoms. The Bertz CT molecular complexity index is 726. The number of rotatable bonds is 4. The molecule has 23 heavy (non-hydrogen) atoms. The fraction of sp³-hybridized carbons (Fsp3) is 0.235. The lowest BCUT2D eigenvalue weighted by Crippen LogP contribution is -2.32. The molecule has 0 fully saturated rings. The lowest BCUT2D eigenvalue weighted by molar-refractivity contribution is -0.189. The second-order valence-electron chi connectivity index (χ2n) is 5.16. The minimum absolute atomic E-state index is 0.0816. The van der Waals surface area contributed by atoms with Crippen LogP contribution in [0.2, 0.25) is 0 Å². The summed E-state index contributed by atoms with van der Waals surface area (Å²) in [5.74, 6) is -0.996. The van der Waals surface area contributed by atoms with Crippen molar-refractivity contribution < 1.29 is 22.7 Å². The van der Waals surface area contributed by atoms with Gasteiger partial charge in [0.1, 0.15) is 5.75 Å². The van der Waals surface area contributed by atoms with Gasteiger partial charge in [-0.3, -0.25) is 4.79 Å². The summed E-state index contributed by atoms with van der Waals surface area (Å²) in [6.07, 6.45) is -6.61. The van der Waals surface area contributed by atoms with Crippen LogP contribution in [0.1, 0.15) is 22.8 Å². The zero-order chi connectivity index (χ0) is 17.2. The van der Waals surface area contributed by atoms with E-state index < -0.39 is 18.2 Å². The Morgan fingerprint density at radius 3 is 2.26 bits per heavy atom. The Balaban J connectivity index is 2.62. The van der Waals surface area contributed by atoms with Crippen molar-refractivity contribution in [3.8, 4) is 16.9 Å². The molecule has 1 amide bonds. The van der Waals surface area contributed by atoms with Crippen molar-refractivity contribution >= 4 is 5.91 Å². The first-order chi connectivity index (χ1) is 10.7. The second kappa shape index (κ2) is 6.32. The zero-order valence-corrected chi connectivity index (χ0v) is 12.6. The maximum absolute atomic E-state index is 12.8. The van der Waals surface area contributed by atoms with Gasteiger partial charge < -0.3 is 10.5 Å². The highest BCUT2D eigenvalue weighted by molar-refractivity contribution is 5.98. The summed E-state index contributed by atoms with van der Waals surface area (Å²) in [7, 11) is 0. The second-order valence-corrected chi connectivity index (χ2v) is 5.16. The van der Waals surface area contributed by atoms with Crippen molar-refractivity contribution in [1.29, 1.82) is 0 Å². The van der Waals surface area contributed by atoms with Gasteiger partial charge in [0.2, 0.25) is 0 Å². The molecule has 0 aromatic heterocycles. The number of benzene rings is 2. The van der Waals surface area contributed by atoms with Gasteiger partial charge in [-0.1, -0.05) is 36.4 Å². The highest BCUT2D eigenvalue weighted by Gasteiger charge is 2.39. The number of primary amides is 1. The summed E-state index contributed by atoms with van der Waals surface area (Å²) in [6, 6.07) is 11.7. The molecule has 2 N–H and O–H groups in total. The Hall–Kier alpha value is -2.50. The maximum atomic E-state index is 12.8. The van der Waals surface area contributed by atoms with E-state index in [4.69, 9.17) is 10.5 Å². The molecule has 0 bridgehead atoms. The quantitative estimate of drug-likeness (QED) is 0.921. The molecule has 2 aromatic carbocycles. The summed E-state index contributed by atoms with van der Waals surface area (Å²) in [5, 5.41) is 0. The molecular weight excluding hydrogens is 307 g/mol. The van der Waals surface area contributed by atoms with Crippen LogP contribution in [0.15, 0.2) is 42.5 Å². The van der Waals surface area contributed by atoms with E-state index in [0.29, 0.717) is 11.1 Å². The number of ether oxygens (including phenoxy) is 1. The first-order valence-electron chi connectivity index (χ1n) is 6.94. The van der Waals surface area contributed by atoms with E-state index in [0.717, 1.165) is 12.5 Å². The van der Waals surface area contributed by atoms with Crippen LogP contribution in [0.5, 0.6) is 5.75 Å². The molecule has 0 aliphatic heterocycles. The van der Waals surface area contributed by atoms with Crippen LogP contribution in [0.4, 0.5) is 13.2 Å². The third-order valence-corrected chi connectivity index (χ3v) is 3.47. The van der Waals surface area contributed by atoms with Crippen molar-refractivity contribution in [3.05, 3.63) is 53.6 Å². The van der Waals surface area contributed by atoms with Crippen LogP contribution in [-0.4, -0.2) is 18.2 Å². The van der Waals surface area contributed by atoms with Crippen LogP contribution >= 0.6 is 0 Å². The lowest BCUT2D eigenvalue weighted by atomic mass is 9.97. The number of carbonyl (C=O) groups excluding carboxylic acids is 1. The van der Waals surface area contributed by atoms with Crippen LogP contribution in [-0.2, 0) is 0 Å². The monoisotopic (exact) mass is 323 g/mol. The standard InChI is InChI=1S/C17H16F3NO2/c1-10-6-3-4-7-12(10)13-8-5-9-14(16(21)22)15(13)23-11(2)17(18,19)20/h3-9,11H,1-2H3,(H2,21,22). The molecule has 1 unspecified atom stereocenters. The smallest absolute Gasteiger partial charge is 0.425 e. The van der Waals surface area contributed by atoms with E-state index in [2.05, 4.69) is 0 Å². The van der Waals surface area contributed by atoms with E-state index >= 15 is 0 Å². The Labute approximate surface area is 131 Å². The number of halogens is 3. The number of nitrogens with two attached hydrogens (primary N) is 1. The fourth-order valence-corrected chi connectivity index (χ4v) is 2.19. The highest BCUT2D eigenvalue weighted by Crippen LogP contribution is 2.37. The number of aryl methyl sites for hydroxylation is 1. The van der Waals surface area contributed by atoms with Crippen LogP contribution in [0, 0.1) is 6.92 Å². The van der Waals surface area contributed by atoms with Gasteiger partial charge in [0.05, 0.1) is 5.56 Å². The third-order valence-electron chi connectivity index (χ3n) is 3.47. The summed E-state index contributed by atoms with van der Waals surface area (Å²) in [6.45, 7) is 2.71. The molecule has 2 rings (SSSR count). The predicted molar refractivity (Wildman–Crippen MR) is 81.3 cm³/mol. The molecule has 1 atom stereocenters. The number of hydrogen-bond acceptors (Lipinski definition) is 2. The zero-order valence-electron chi connectivity index (χ0n) is 12.6. The summed E-state index contributed by atoms with van der Waals surface area (Å²) < 4.78 is 43.6. The summed E-state index contributed by atoms with van der Waals surface area (Å²) in [4.78, 5) is 11.6. The van der Waals surface area contributed by atoms with Crippen molar-refractivity contribution in [3.63, 3.8) is 0 Å². The minimum Gasteiger partial charge on any atom is -0.480 e. The van der Waals surface area contributed by atoms with E-state index in [1.807, 2.05) is 19.1 Å². The lowest BCUT2D eigenvalue weighted by Gasteiger charge is -2.22. The average Bonchev–Trinajstić information content (AvgIpc) is 2.47. The number of hydrogen-bond donors (Lipinski definition) is 1. The first-order valence-corrected chi connectivity index (χ1v) is 6.94. The molecule has 3 nitrogen and oxygen atoms in total. The molecule has 0 radical (unpaired) electrons. The van der Waals surface area contributed by atoms with Crippen molar-refractivity contribution in [2.75, 3.05) is 0 Å². The van der Waals surface area contributed by atoms with Gasteiger partial charge in [-0.25, -0.2) is 0 Å². The third kappa shape index (κ3) is 3.64. The van der Waals surface area contributed by atoms with Crippen molar-refractivity contribution in [1.82, 2.24) is 0 Å². The SMILES string of the molecule is Cc1ccccc1-c1cccc(C(N)=O)c1OC(C)C(F)(F)F. The Morgan fingerprint density at radius 1 is 1.09 bits per heavy atom. The van der Waals surface area contributed by atoms with Crippen molar-refractivity contribution in [2.45, 2.75) is 26.1 Å². The van der Waals surface area contributed by atoms with Gasteiger partial charge in [0.15, 0.2) is 6.10 Å². The van der Waals surface area contributed by atoms with Crippen LogP contribution in [0.25, 0.3) is 11.1 Å². The number of carbonyl (C=O) groups is 1. The summed E-state index contributed by atoms with van der Waals surface area (Å²) in [5.41, 5.74) is 7.13. The van der Waals surface area contributed by atoms with Gasteiger partial charge in [0, 0.05) is 5.56 Å². The molecule has 0 aliphatic rings. The highest BCUT2D eigenvalue weighted by atomic mass is 19.4. The maximum Gasteiger partial charge on any atom is 0.425 e. The van der Waals surface area contributed by atoms with E-state index in [1.54, 1.807) is 24.3 Å². The summed E-state index contributed by atoms with van der Waals surface area (Å²) >= 11 is 0. The molecule has 0 aliphatic carbocycles. The molecule has 0 saturated heterocycles. The number of amides is 1. The molecule has 0 spiro atoms. The molecule has 0 heterocycles. The Kier molecular flexibility index (Phi) is 4.63. The van der Waals surface area contributed by atoms with Gasteiger partial charge >= 0.3 is 6.18 Å². The topological polar surface area (TPSA) is 52.3 Å². The van der Waals surface area contributed by atoms with Crippen LogP contribution < -0.4 is 10.5 Å².